The third-order valence-electron chi connectivity index (χ3n) is 5.68. The lowest BCUT2D eigenvalue weighted by atomic mass is 9.95. The van der Waals surface area contributed by atoms with Crippen molar-refractivity contribution in [1.82, 2.24) is 23.9 Å². The van der Waals surface area contributed by atoms with Crippen LogP contribution in [0.5, 0.6) is 11.8 Å². The summed E-state index contributed by atoms with van der Waals surface area (Å²) in [5.41, 5.74) is -0.863. The molecule has 1 aliphatic carbocycles. The van der Waals surface area contributed by atoms with Crippen LogP contribution in [0.15, 0.2) is 26.6 Å². The largest absolute Gasteiger partial charge is 0.493 e. The summed E-state index contributed by atoms with van der Waals surface area (Å²) < 4.78 is 9.83. The van der Waals surface area contributed by atoms with Gasteiger partial charge in [0.05, 0.1) is 13.2 Å². The number of azo groups is 1. The highest BCUT2D eigenvalue weighted by molar-refractivity contribution is 7.71. The molecule has 0 bridgehead atoms. The van der Waals surface area contributed by atoms with Gasteiger partial charge in [0.1, 0.15) is 6.07 Å². The molecule has 0 radical (unpaired) electrons. The van der Waals surface area contributed by atoms with E-state index in [1.165, 1.54) is 27.7 Å². The first kappa shape index (κ1) is 23.8. The highest BCUT2D eigenvalue weighted by Crippen LogP contribution is 2.36. The topological polar surface area (TPSA) is 136 Å². The smallest absolute Gasteiger partial charge is 0.292 e. The first-order valence-corrected chi connectivity index (χ1v) is 12.2. The zero-order chi connectivity index (χ0) is 24.4. The molecule has 1 aliphatic rings. The van der Waals surface area contributed by atoms with Crippen molar-refractivity contribution >= 4 is 35.1 Å². The van der Waals surface area contributed by atoms with Crippen LogP contribution in [0.2, 0.25) is 0 Å². The number of aromatic hydroxyl groups is 1. The molecule has 0 aromatic carbocycles. The van der Waals surface area contributed by atoms with Crippen molar-refractivity contribution in [3.63, 3.8) is 0 Å². The van der Waals surface area contributed by atoms with E-state index >= 15 is 0 Å². The fourth-order valence-electron chi connectivity index (χ4n) is 4.07. The number of thiazole rings is 1. The zero-order valence-corrected chi connectivity index (χ0v) is 20.6. The Kier molecular flexibility index (Phi) is 6.90. The molecular formula is C21H24N8O3S2. The van der Waals surface area contributed by atoms with Crippen molar-refractivity contribution in [2.45, 2.75) is 58.0 Å². The van der Waals surface area contributed by atoms with Crippen LogP contribution in [0.25, 0.3) is 5.13 Å². The quantitative estimate of drug-likeness (QED) is 0.367. The number of methoxy groups -OCH3 is 1. The maximum Gasteiger partial charge on any atom is 0.292 e. The van der Waals surface area contributed by atoms with E-state index in [0.29, 0.717) is 5.13 Å². The monoisotopic (exact) mass is 500 g/mol. The Balaban J connectivity index is 1.92. The molecule has 4 rings (SSSR count). The fraction of sp³-hybridized carbons (Fsp3) is 0.476. The summed E-state index contributed by atoms with van der Waals surface area (Å²) in [4.78, 5) is 17.6. The van der Waals surface area contributed by atoms with Gasteiger partial charge in [0.15, 0.2) is 15.5 Å². The molecule has 0 amide bonds. The van der Waals surface area contributed by atoms with Crippen molar-refractivity contribution in [3.05, 3.63) is 32.3 Å². The summed E-state index contributed by atoms with van der Waals surface area (Å²) in [7, 11) is 1.44. The average Bonchev–Trinajstić information content (AvgIpc) is 3.47. The molecule has 1 fully saturated rings. The molecule has 34 heavy (non-hydrogen) atoms. The van der Waals surface area contributed by atoms with Crippen molar-refractivity contribution in [3.8, 4) is 23.0 Å². The van der Waals surface area contributed by atoms with Gasteiger partial charge >= 0.3 is 0 Å². The molecule has 0 atom stereocenters. The van der Waals surface area contributed by atoms with Crippen LogP contribution in [0.4, 0.5) is 11.5 Å². The summed E-state index contributed by atoms with van der Waals surface area (Å²) >= 11 is 6.87. The van der Waals surface area contributed by atoms with Gasteiger partial charge in [-0.1, -0.05) is 19.3 Å². The average molecular weight is 501 g/mol. The summed E-state index contributed by atoms with van der Waals surface area (Å²) in [6, 6.07) is 1.85. The maximum atomic E-state index is 13.4. The highest BCUT2D eigenvalue weighted by atomic mass is 32.1. The number of hydrogen-bond donors (Lipinski definition) is 1. The lowest BCUT2D eigenvalue weighted by molar-refractivity contribution is 0.301. The Hall–Kier alpha value is -3.37. The van der Waals surface area contributed by atoms with Crippen molar-refractivity contribution in [2.24, 2.45) is 10.2 Å². The van der Waals surface area contributed by atoms with Gasteiger partial charge < -0.3 is 9.84 Å². The minimum atomic E-state index is -0.651. The Morgan fingerprint density at radius 1 is 1.32 bits per heavy atom. The Labute approximate surface area is 204 Å². The lowest BCUT2D eigenvalue weighted by Gasteiger charge is -2.26. The van der Waals surface area contributed by atoms with Crippen LogP contribution < -0.4 is 10.3 Å². The number of aromatic nitrogens is 5. The molecular weight excluding hydrogens is 476 g/mol. The third-order valence-corrected chi connectivity index (χ3v) is 6.82. The minimum absolute atomic E-state index is 0.0145. The van der Waals surface area contributed by atoms with Gasteiger partial charge in [0.2, 0.25) is 23.3 Å². The molecule has 0 saturated heterocycles. The molecule has 3 heterocycles. The second-order valence-corrected chi connectivity index (χ2v) is 9.37. The standard InChI is InChI=1S/C21H24N8O3S2/c1-12(2)29-19(32-3)14(11-22)16(26-29)25-24-15-17(30)27(13-7-5-4-6-8-13)21(33)28(18(15)31)20-23-9-10-34-20/h9-10,12-13,30H,4-8H2,1-3H3. The summed E-state index contributed by atoms with van der Waals surface area (Å²) in [5.74, 6) is -0.124. The van der Waals surface area contributed by atoms with Crippen molar-refractivity contribution < 1.29 is 9.84 Å². The summed E-state index contributed by atoms with van der Waals surface area (Å²) in [6.45, 7) is 3.76. The SMILES string of the molecule is COc1c(C#N)c(N=Nc2c(O)n(C3CCCCC3)c(=S)n(-c3nccs3)c2=O)nn1C(C)C. The number of nitrogens with zero attached hydrogens (tertiary/aromatic N) is 8. The van der Waals surface area contributed by atoms with Crippen LogP contribution in [-0.2, 0) is 0 Å². The molecule has 3 aromatic heterocycles. The van der Waals surface area contributed by atoms with E-state index in [2.05, 4.69) is 20.3 Å². The van der Waals surface area contributed by atoms with Crippen LogP contribution in [-0.4, -0.2) is 36.1 Å². The van der Waals surface area contributed by atoms with Gasteiger partial charge in [0, 0.05) is 17.6 Å². The normalized spacial score (nSPS) is 14.7. The Bertz CT molecular complexity index is 1370. The Morgan fingerprint density at radius 2 is 2.06 bits per heavy atom. The molecule has 11 nitrogen and oxygen atoms in total. The third kappa shape index (κ3) is 4.14. The second-order valence-electron chi connectivity index (χ2n) is 8.13. The number of rotatable bonds is 6. The predicted octanol–water partition coefficient (Wildman–Crippen LogP) is 5.11. The van der Waals surface area contributed by atoms with Crippen LogP contribution in [0, 0.1) is 16.1 Å². The number of ether oxygens (including phenoxy) is 1. The summed E-state index contributed by atoms with van der Waals surface area (Å²) in [5, 5.41) is 35.3. The van der Waals surface area contributed by atoms with E-state index in [9.17, 15) is 15.2 Å². The van der Waals surface area contributed by atoms with E-state index in [0.717, 1.165) is 32.1 Å². The lowest BCUT2D eigenvalue weighted by Crippen LogP contribution is -2.26. The van der Waals surface area contributed by atoms with Gasteiger partial charge in [-0.05, 0) is 38.9 Å². The predicted molar refractivity (Wildman–Crippen MR) is 128 cm³/mol. The van der Waals surface area contributed by atoms with Gasteiger partial charge in [-0.25, -0.2) is 14.2 Å². The molecule has 0 aliphatic heterocycles. The van der Waals surface area contributed by atoms with Crippen molar-refractivity contribution in [1.29, 1.82) is 5.26 Å². The van der Waals surface area contributed by atoms with E-state index in [4.69, 9.17) is 17.0 Å². The molecule has 1 N–H and O–H groups in total. The van der Waals surface area contributed by atoms with Gasteiger partial charge in [-0.2, -0.15) is 5.26 Å². The fourth-order valence-corrected chi connectivity index (χ4v) is 5.17. The summed E-state index contributed by atoms with van der Waals surface area (Å²) in [6.07, 6.45) is 6.32. The van der Waals surface area contributed by atoms with Gasteiger partial charge in [0.25, 0.3) is 5.56 Å². The molecule has 3 aromatic rings. The van der Waals surface area contributed by atoms with E-state index < -0.39 is 5.56 Å². The Morgan fingerprint density at radius 3 is 2.65 bits per heavy atom. The van der Waals surface area contributed by atoms with Crippen LogP contribution in [0.1, 0.15) is 63.6 Å². The van der Waals surface area contributed by atoms with Gasteiger partial charge in [-0.3, -0.25) is 9.36 Å². The zero-order valence-electron chi connectivity index (χ0n) is 19.0. The van der Waals surface area contributed by atoms with E-state index in [-0.39, 0.29) is 45.7 Å². The minimum Gasteiger partial charge on any atom is -0.493 e. The first-order valence-electron chi connectivity index (χ1n) is 10.9. The molecule has 13 heteroatoms. The maximum absolute atomic E-state index is 13.4. The number of nitriles is 1. The second kappa shape index (κ2) is 9.86. The first-order chi connectivity index (χ1) is 16.4. The van der Waals surface area contributed by atoms with Crippen molar-refractivity contribution in [2.75, 3.05) is 7.11 Å². The number of hydrogen-bond acceptors (Lipinski definition) is 10. The van der Waals surface area contributed by atoms with Crippen LogP contribution in [0.3, 0.4) is 0 Å². The molecule has 178 valence electrons. The van der Waals surface area contributed by atoms with E-state index in [1.807, 2.05) is 19.9 Å². The van der Waals surface area contributed by atoms with Gasteiger partial charge in [-0.15, -0.1) is 26.7 Å². The highest BCUT2D eigenvalue weighted by Gasteiger charge is 2.26. The van der Waals surface area contributed by atoms with Crippen LogP contribution >= 0.6 is 23.6 Å². The molecule has 1 saturated carbocycles. The molecule has 0 unspecified atom stereocenters. The van der Waals surface area contributed by atoms with E-state index in [1.54, 1.807) is 16.1 Å². The molecule has 0 spiro atoms.